The molecule has 1 amide bonds. The molecule has 0 aromatic heterocycles. The molecule has 1 aromatic carbocycles. The maximum atomic E-state index is 12.3. The number of hydrogen-bond acceptors (Lipinski definition) is 3. The summed E-state index contributed by atoms with van der Waals surface area (Å²) in [5.41, 5.74) is 1.57. The molecule has 0 radical (unpaired) electrons. The third kappa shape index (κ3) is 4.24. The van der Waals surface area contributed by atoms with Crippen LogP contribution in [0.3, 0.4) is 0 Å². The van der Waals surface area contributed by atoms with Crippen LogP contribution in [0.15, 0.2) is 24.3 Å². The van der Waals surface area contributed by atoms with Crippen LogP contribution in [0, 0.1) is 11.3 Å². The fraction of sp³-hybridized carbons (Fsp3) is 0.556. The zero-order chi connectivity index (χ0) is 17.1. The number of nitrogens with zero attached hydrogens (tertiary/aromatic N) is 3. The van der Waals surface area contributed by atoms with Gasteiger partial charge in [-0.05, 0) is 37.0 Å². The average Bonchev–Trinajstić information content (AvgIpc) is 2.45. The van der Waals surface area contributed by atoms with Gasteiger partial charge in [0.1, 0.15) is 5.54 Å². The number of benzene rings is 1. The Hall–Kier alpha value is -2.02. The minimum absolute atomic E-state index is 0.0750. The molecule has 22 heavy (non-hydrogen) atoms. The number of nitriles is 1. The molecule has 120 valence electrons. The highest BCUT2D eigenvalue weighted by molar-refractivity contribution is 5.82. The molecular formula is C18H27N3O. The van der Waals surface area contributed by atoms with Crippen LogP contribution in [0.4, 0.5) is 5.69 Å². The van der Waals surface area contributed by atoms with Gasteiger partial charge in [-0.25, -0.2) is 0 Å². The monoisotopic (exact) mass is 301 g/mol. The lowest BCUT2D eigenvalue weighted by atomic mass is 9.87. The molecule has 4 nitrogen and oxygen atoms in total. The van der Waals surface area contributed by atoms with Crippen molar-refractivity contribution in [3.63, 3.8) is 0 Å². The lowest BCUT2D eigenvalue weighted by Crippen LogP contribution is -2.47. The third-order valence-electron chi connectivity index (χ3n) is 4.03. The first-order valence-electron chi connectivity index (χ1n) is 7.48. The molecule has 0 fully saturated rings. The molecule has 0 saturated heterocycles. The van der Waals surface area contributed by atoms with E-state index in [0.717, 1.165) is 5.69 Å². The fourth-order valence-corrected chi connectivity index (χ4v) is 2.00. The van der Waals surface area contributed by atoms with E-state index in [1.165, 1.54) is 10.5 Å². The van der Waals surface area contributed by atoms with Gasteiger partial charge in [0, 0.05) is 19.8 Å². The molecule has 0 unspecified atom stereocenters. The highest BCUT2D eigenvalue weighted by Gasteiger charge is 2.27. The van der Waals surface area contributed by atoms with Crippen molar-refractivity contribution in [3.05, 3.63) is 29.8 Å². The maximum Gasteiger partial charge on any atom is 0.243 e. The second-order valence-electron chi connectivity index (χ2n) is 7.28. The topological polar surface area (TPSA) is 47.3 Å². The van der Waals surface area contributed by atoms with Crippen LogP contribution in [0.25, 0.3) is 0 Å². The number of carbonyl (C=O) groups excluding carboxylic acids is 1. The van der Waals surface area contributed by atoms with Crippen molar-refractivity contribution >= 4 is 11.6 Å². The standard InChI is InChI=1S/C18H27N3O/c1-17(2,3)14-8-10-15(11-9-14)20(6)12-16(22)21(7)18(4,5)13-19/h8-11H,12H2,1-7H3. The van der Waals surface area contributed by atoms with Crippen molar-refractivity contribution in [2.75, 3.05) is 25.5 Å². The summed E-state index contributed by atoms with van der Waals surface area (Å²) in [6.07, 6.45) is 0. The van der Waals surface area contributed by atoms with Crippen LogP contribution >= 0.6 is 0 Å². The summed E-state index contributed by atoms with van der Waals surface area (Å²) in [6.45, 7) is 10.2. The smallest absolute Gasteiger partial charge is 0.243 e. The van der Waals surface area contributed by atoms with Crippen LogP contribution in [-0.2, 0) is 10.2 Å². The molecule has 4 heteroatoms. The van der Waals surface area contributed by atoms with E-state index in [1.54, 1.807) is 20.9 Å². The van der Waals surface area contributed by atoms with E-state index in [4.69, 9.17) is 5.26 Å². The zero-order valence-electron chi connectivity index (χ0n) is 14.8. The highest BCUT2D eigenvalue weighted by atomic mass is 16.2. The van der Waals surface area contributed by atoms with Crippen LogP contribution < -0.4 is 4.90 Å². The Morgan fingerprint density at radius 3 is 2.00 bits per heavy atom. The van der Waals surface area contributed by atoms with Crippen molar-refractivity contribution in [1.29, 1.82) is 5.26 Å². The van der Waals surface area contributed by atoms with E-state index in [2.05, 4.69) is 39.0 Å². The Kier molecular flexibility index (Phi) is 5.24. The molecule has 0 aliphatic carbocycles. The van der Waals surface area contributed by atoms with Gasteiger partial charge in [0.2, 0.25) is 5.91 Å². The molecule has 0 aliphatic heterocycles. The van der Waals surface area contributed by atoms with Crippen molar-refractivity contribution in [2.45, 2.75) is 45.6 Å². The average molecular weight is 301 g/mol. The van der Waals surface area contributed by atoms with Crippen molar-refractivity contribution in [3.8, 4) is 6.07 Å². The summed E-state index contributed by atoms with van der Waals surface area (Å²) >= 11 is 0. The van der Waals surface area contributed by atoms with E-state index < -0.39 is 5.54 Å². The van der Waals surface area contributed by atoms with Crippen LogP contribution in [0.2, 0.25) is 0 Å². The SMILES string of the molecule is CN(CC(=O)N(C)C(C)(C)C#N)c1ccc(C(C)(C)C)cc1. The maximum absolute atomic E-state index is 12.3. The highest BCUT2D eigenvalue weighted by Crippen LogP contribution is 2.24. The molecule has 0 spiro atoms. The Morgan fingerprint density at radius 2 is 1.59 bits per heavy atom. The first-order valence-corrected chi connectivity index (χ1v) is 7.48. The lowest BCUT2D eigenvalue weighted by Gasteiger charge is -2.31. The number of amides is 1. The van der Waals surface area contributed by atoms with Gasteiger partial charge >= 0.3 is 0 Å². The van der Waals surface area contributed by atoms with E-state index in [9.17, 15) is 4.79 Å². The minimum Gasteiger partial charge on any atom is -0.365 e. The van der Waals surface area contributed by atoms with Gasteiger partial charge in [-0.1, -0.05) is 32.9 Å². The van der Waals surface area contributed by atoms with E-state index in [1.807, 2.05) is 24.1 Å². The normalized spacial score (nSPS) is 11.7. The third-order valence-corrected chi connectivity index (χ3v) is 4.03. The van der Waals surface area contributed by atoms with Crippen molar-refractivity contribution < 1.29 is 4.79 Å². The van der Waals surface area contributed by atoms with E-state index in [0.29, 0.717) is 0 Å². The molecule has 0 saturated carbocycles. The number of hydrogen-bond donors (Lipinski definition) is 0. The number of carbonyl (C=O) groups is 1. The molecule has 0 bridgehead atoms. The second-order valence-corrected chi connectivity index (χ2v) is 7.28. The fourth-order valence-electron chi connectivity index (χ4n) is 2.00. The summed E-state index contributed by atoms with van der Waals surface area (Å²) in [6, 6.07) is 10.4. The predicted molar refractivity (Wildman–Crippen MR) is 90.9 cm³/mol. The van der Waals surface area contributed by atoms with Gasteiger partial charge in [-0.2, -0.15) is 5.26 Å². The van der Waals surface area contributed by atoms with Gasteiger partial charge in [0.25, 0.3) is 0 Å². The molecule has 0 N–H and O–H groups in total. The first-order chi connectivity index (χ1) is 9.99. The van der Waals surface area contributed by atoms with Crippen LogP contribution in [0.5, 0.6) is 0 Å². The number of anilines is 1. The molecule has 0 heterocycles. The quantitative estimate of drug-likeness (QED) is 0.858. The summed E-state index contributed by atoms with van der Waals surface area (Å²) in [4.78, 5) is 15.7. The lowest BCUT2D eigenvalue weighted by molar-refractivity contribution is -0.131. The summed E-state index contributed by atoms with van der Waals surface area (Å²) in [5.74, 6) is -0.0750. The van der Waals surface area contributed by atoms with Gasteiger partial charge in [0.05, 0.1) is 12.6 Å². The van der Waals surface area contributed by atoms with Crippen LogP contribution in [0.1, 0.15) is 40.2 Å². The Balaban J connectivity index is 2.80. The number of rotatable bonds is 4. The predicted octanol–water partition coefficient (Wildman–Crippen LogP) is 3.18. The zero-order valence-corrected chi connectivity index (χ0v) is 14.8. The Morgan fingerprint density at radius 1 is 1.09 bits per heavy atom. The summed E-state index contributed by atoms with van der Waals surface area (Å²) in [7, 11) is 3.55. The van der Waals surface area contributed by atoms with E-state index >= 15 is 0 Å². The molecule has 0 aliphatic rings. The van der Waals surface area contributed by atoms with Gasteiger partial charge in [-0.3, -0.25) is 4.79 Å². The van der Waals surface area contributed by atoms with E-state index in [-0.39, 0.29) is 17.9 Å². The number of likely N-dealkylation sites (N-methyl/N-ethyl adjacent to an activating group) is 2. The molecule has 1 aromatic rings. The largest absolute Gasteiger partial charge is 0.365 e. The van der Waals surface area contributed by atoms with Crippen molar-refractivity contribution in [2.24, 2.45) is 0 Å². The van der Waals surface area contributed by atoms with Gasteiger partial charge in [0.15, 0.2) is 0 Å². The summed E-state index contributed by atoms with van der Waals surface area (Å²) < 4.78 is 0. The second kappa shape index (κ2) is 6.39. The molecular weight excluding hydrogens is 274 g/mol. The Labute approximate surface area is 134 Å². The van der Waals surface area contributed by atoms with Crippen LogP contribution in [-0.4, -0.2) is 37.0 Å². The Bertz CT molecular complexity index is 561. The van der Waals surface area contributed by atoms with Crippen molar-refractivity contribution in [1.82, 2.24) is 4.90 Å². The van der Waals surface area contributed by atoms with Gasteiger partial charge < -0.3 is 9.80 Å². The summed E-state index contributed by atoms with van der Waals surface area (Å²) in [5, 5.41) is 9.11. The molecule has 0 atom stereocenters. The minimum atomic E-state index is -0.798. The van der Waals surface area contributed by atoms with Gasteiger partial charge in [-0.15, -0.1) is 0 Å². The molecule has 1 rings (SSSR count). The first kappa shape index (κ1) is 18.0.